The molecule has 2 heterocycles. The first-order chi connectivity index (χ1) is 7.79. The number of alkyl halides is 1. The van der Waals surface area contributed by atoms with Crippen LogP contribution in [0.15, 0.2) is 29.2 Å². The zero-order valence-electron chi connectivity index (χ0n) is 9.31. The molecular weight excluding hydrogens is 268 g/mol. The second-order valence-corrected chi connectivity index (χ2v) is 4.99. The van der Waals surface area contributed by atoms with Gasteiger partial charge in [0.15, 0.2) is 0 Å². The van der Waals surface area contributed by atoms with Crippen LogP contribution in [-0.2, 0) is 6.54 Å². The minimum Gasteiger partial charge on any atom is -0.314 e. The fourth-order valence-electron chi connectivity index (χ4n) is 2.14. The first kappa shape index (κ1) is 11.9. The first-order valence-corrected chi connectivity index (χ1v) is 6.85. The van der Waals surface area contributed by atoms with Crippen LogP contribution in [0.25, 0.3) is 0 Å². The number of likely N-dealkylation sites (tertiary alicyclic amines) is 1. The lowest BCUT2D eigenvalue weighted by Gasteiger charge is -2.16. The maximum atomic E-state index is 11.5. The highest BCUT2D eigenvalue weighted by molar-refractivity contribution is 9.09. The molecule has 2 rings (SSSR count). The Morgan fingerprint density at radius 1 is 1.38 bits per heavy atom. The number of hydrogen-bond acceptors (Lipinski definition) is 2. The number of halogens is 1. The summed E-state index contributed by atoms with van der Waals surface area (Å²) in [6.45, 7) is 4.10. The molecule has 0 spiro atoms. The van der Waals surface area contributed by atoms with Gasteiger partial charge in [0, 0.05) is 37.2 Å². The lowest BCUT2D eigenvalue weighted by atomic mass is 10.2. The Hall–Kier alpha value is -0.610. The smallest absolute Gasteiger partial charge is 0.250 e. The van der Waals surface area contributed by atoms with Crippen LogP contribution in [0.4, 0.5) is 0 Å². The summed E-state index contributed by atoms with van der Waals surface area (Å²) < 4.78 is 1.78. The van der Waals surface area contributed by atoms with Crippen molar-refractivity contribution < 1.29 is 0 Å². The molecule has 1 aromatic rings. The van der Waals surface area contributed by atoms with E-state index in [1.165, 1.54) is 6.42 Å². The highest BCUT2D eigenvalue weighted by atomic mass is 79.9. The van der Waals surface area contributed by atoms with Gasteiger partial charge in [0.25, 0.3) is 5.56 Å². The highest BCUT2D eigenvalue weighted by Gasteiger charge is 2.20. The second-order valence-electron chi connectivity index (χ2n) is 4.34. The van der Waals surface area contributed by atoms with Crippen molar-refractivity contribution in [1.82, 2.24) is 9.47 Å². The van der Waals surface area contributed by atoms with Gasteiger partial charge in [0.2, 0.25) is 0 Å². The van der Waals surface area contributed by atoms with Crippen LogP contribution in [0.2, 0.25) is 0 Å². The van der Waals surface area contributed by atoms with Crippen molar-refractivity contribution in [3.8, 4) is 0 Å². The third-order valence-corrected chi connectivity index (χ3v) is 4.06. The molecule has 1 aromatic heterocycles. The molecule has 1 aliphatic heterocycles. The third kappa shape index (κ3) is 2.95. The van der Waals surface area contributed by atoms with E-state index < -0.39 is 0 Å². The fourth-order valence-corrected chi connectivity index (χ4v) is 2.66. The van der Waals surface area contributed by atoms with Crippen LogP contribution in [0.3, 0.4) is 0 Å². The lowest BCUT2D eigenvalue weighted by Crippen LogP contribution is -2.29. The standard InChI is InChI=1S/C12H17BrN2O/c13-9-11-4-6-14(10-11)7-8-15-5-2-1-3-12(15)16/h1-3,5,11H,4,6-10H2. The van der Waals surface area contributed by atoms with Gasteiger partial charge in [-0.3, -0.25) is 4.79 Å². The van der Waals surface area contributed by atoms with Crippen molar-refractivity contribution in [2.24, 2.45) is 5.92 Å². The lowest BCUT2D eigenvalue weighted by molar-refractivity contribution is 0.312. The minimum atomic E-state index is 0.0961. The zero-order valence-corrected chi connectivity index (χ0v) is 10.9. The van der Waals surface area contributed by atoms with Gasteiger partial charge >= 0.3 is 0 Å². The molecule has 1 fully saturated rings. The van der Waals surface area contributed by atoms with Crippen molar-refractivity contribution >= 4 is 15.9 Å². The first-order valence-electron chi connectivity index (χ1n) is 5.73. The van der Waals surface area contributed by atoms with Crippen LogP contribution in [-0.4, -0.2) is 34.4 Å². The van der Waals surface area contributed by atoms with E-state index >= 15 is 0 Å². The van der Waals surface area contributed by atoms with Crippen molar-refractivity contribution in [3.63, 3.8) is 0 Å². The van der Waals surface area contributed by atoms with Crippen molar-refractivity contribution in [1.29, 1.82) is 0 Å². The maximum absolute atomic E-state index is 11.5. The van der Waals surface area contributed by atoms with Crippen molar-refractivity contribution in [3.05, 3.63) is 34.7 Å². The normalized spacial score (nSPS) is 21.4. The van der Waals surface area contributed by atoms with E-state index in [0.29, 0.717) is 0 Å². The summed E-state index contributed by atoms with van der Waals surface area (Å²) in [5.74, 6) is 0.785. The van der Waals surface area contributed by atoms with Gasteiger partial charge in [-0.2, -0.15) is 0 Å². The van der Waals surface area contributed by atoms with Crippen LogP contribution < -0.4 is 5.56 Å². The summed E-state index contributed by atoms with van der Waals surface area (Å²) in [6, 6.07) is 5.31. The number of hydrogen-bond donors (Lipinski definition) is 0. The Balaban J connectivity index is 1.85. The third-order valence-electron chi connectivity index (χ3n) is 3.14. The Morgan fingerprint density at radius 3 is 2.94 bits per heavy atom. The summed E-state index contributed by atoms with van der Waals surface area (Å²) in [6.07, 6.45) is 3.13. The summed E-state index contributed by atoms with van der Waals surface area (Å²) in [7, 11) is 0. The zero-order chi connectivity index (χ0) is 11.4. The summed E-state index contributed by atoms with van der Waals surface area (Å²) in [5, 5.41) is 1.09. The van der Waals surface area contributed by atoms with Gasteiger partial charge in [-0.15, -0.1) is 0 Å². The minimum absolute atomic E-state index is 0.0961. The van der Waals surface area contributed by atoms with Crippen molar-refractivity contribution in [2.75, 3.05) is 25.0 Å². The quantitative estimate of drug-likeness (QED) is 0.785. The molecular formula is C12H17BrN2O. The number of pyridine rings is 1. The van der Waals surface area contributed by atoms with E-state index in [-0.39, 0.29) is 5.56 Å². The van der Waals surface area contributed by atoms with Gasteiger partial charge in [-0.1, -0.05) is 22.0 Å². The number of rotatable bonds is 4. The molecule has 0 bridgehead atoms. The van der Waals surface area contributed by atoms with E-state index in [1.54, 1.807) is 16.7 Å². The van der Waals surface area contributed by atoms with Gasteiger partial charge in [0.05, 0.1) is 0 Å². The molecule has 1 aliphatic rings. The molecule has 1 saturated heterocycles. The Kier molecular flexibility index (Phi) is 4.18. The van der Waals surface area contributed by atoms with E-state index in [4.69, 9.17) is 0 Å². The topological polar surface area (TPSA) is 25.2 Å². The van der Waals surface area contributed by atoms with Crippen LogP contribution in [0.5, 0.6) is 0 Å². The fraction of sp³-hybridized carbons (Fsp3) is 0.583. The molecule has 0 saturated carbocycles. The average molecular weight is 285 g/mol. The van der Waals surface area contributed by atoms with Gasteiger partial charge < -0.3 is 9.47 Å². The van der Waals surface area contributed by atoms with E-state index in [0.717, 1.165) is 37.4 Å². The molecule has 1 unspecified atom stereocenters. The molecule has 0 aliphatic carbocycles. The monoisotopic (exact) mass is 284 g/mol. The Labute approximate surface area is 104 Å². The molecule has 0 radical (unpaired) electrons. The van der Waals surface area contributed by atoms with Gasteiger partial charge in [0.1, 0.15) is 0 Å². The van der Waals surface area contributed by atoms with Crippen LogP contribution in [0.1, 0.15) is 6.42 Å². The molecule has 4 heteroatoms. The second kappa shape index (κ2) is 5.64. The van der Waals surface area contributed by atoms with Crippen LogP contribution >= 0.6 is 15.9 Å². The van der Waals surface area contributed by atoms with E-state index in [1.807, 2.05) is 12.3 Å². The molecule has 1 atom stereocenters. The van der Waals surface area contributed by atoms with Gasteiger partial charge in [-0.05, 0) is 24.9 Å². The Bertz CT molecular complexity index is 391. The molecule has 0 amide bonds. The molecule has 88 valence electrons. The number of nitrogens with zero attached hydrogens (tertiary/aromatic N) is 2. The molecule has 3 nitrogen and oxygen atoms in total. The van der Waals surface area contributed by atoms with Gasteiger partial charge in [-0.25, -0.2) is 0 Å². The highest BCUT2D eigenvalue weighted by Crippen LogP contribution is 2.17. The average Bonchev–Trinajstić information content (AvgIpc) is 2.76. The summed E-state index contributed by atoms with van der Waals surface area (Å²) >= 11 is 3.53. The largest absolute Gasteiger partial charge is 0.314 e. The SMILES string of the molecule is O=c1ccccn1CCN1CCC(CBr)C1. The predicted octanol–water partition coefficient (Wildman–Crippen LogP) is 1.57. The number of aromatic nitrogens is 1. The molecule has 16 heavy (non-hydrogen) atoms. The maximum Gasteiger partial charge on any atom is 0.250 e. The summed E-state index contributed by atoms with van der Waals surface area (Å²) in [5.41, 5.74) is 0.0961. The molecule has 0 N–H and O–H groups in total. The predicted molar refractivity (Wildman–Crippen MR) is 69.0 cm³/mol. The van der Waals surface area contributed by atoms with Crippen molar-refractivity contribution in [2.45, 2.75) is 13.0 Å². The van der Waals surface area contributed by atoms with E-state index in [9.17, 15) is 4.79 Å². The van der Waals surface area contributed by atoms with E-state index in [2.05, 4.69) is 20.8 Å². The van der Waals surface area contributed by atoms with Crippen LogP contribution in [0, 0.1) is 5.92 Å². The summed E-state index contributed by atoms with van der Waals surface area (Å²) in [4.78, 5) is 13.9. The molecule has 0 aromatic carbocycles. The Morgan fingerprint density at radius 2 is 2.25 bits per heavy atom.